The van der Waals surface area contributed by atoms with E-state index in [1.54, 1.807) is 36.4 Å². The van der Waals surface area contributed by atoms with Gasteiger partial charge in [0.05, 0.1) is 0 Å². The van der Waals surface area contributed by atoms with Crippen LogP contribution in [-0.2, 0) is 14.3 Å². The van der Waals surface area contributed by atoms with E-state index in [1.165, 1.54) is 6.92 Å². The number of hydrogen-bond donors (Lipinski definition) is 3. The lowest BCUT2D eigenvalue weighted by Gasteiger charge is -2.13. The highest BCUT2D eigenvalue weighted by atomic mass is 16.5. The van der Waals surface area contributed by atoms with Crippen LogP contribution in [0.15, 0.2) is 65.1 Å². The maximum Gasteiger partial charge on any atom is 0.328 e. The molecule has 1 aromatic heterocycles. The highest BCUT2D eigenvalue weighted by Crippen LogP contribution is 2.18. The first-order valence-electron chi connectivity index (χ1n) is 8.99. The Bertz CT molecular complexity index is 1010. The van der Waals surface area contributed by atoms with Gasteiger partial charge in [-0.25, -0.2) is 9.59 Å². The molecule has 10 nitrogen and oxygen atoms in total. The standard InChI is InChI=1S/C20H19N5O5/c1-13(21-19(28)22-15-10-6-3-7-11-15)18(27)29-12-16(26)23-20-25-24-17(30-20)14-8-4-2-5-9-14/h2-11,13H,12H2,1H3,(H2,21,22,28)(H,23,25,26)/t13-/m0/s1. The summed E-state index contributed by atoms with van der Waals surface area (Å²) in [6.07, 6.45) is 0. The lowest BCUT2D eigenvalue weighted by Crippen LogP contribution is -2.42. The number of esters is 1. The quantitative estimate of drug-likeness (QED) is 0.510. The SMILES string of the molecule is C[C@H](NC(=O)Nc1ccccc1)C(=O)OCC(=O)Nc1nnc(-c2ccccc2)o1. The fraction of sp³-hybridized carbons (Fsp3) is 0.150. The van der Waals surface area contributed by atoms with Crippen molar-refractivity contribution in [3.63, 3.8) is 0 Å². The second-order valence-corrected chi connectivity index (χ2v) is 6.12. The van der Waals surface area contributed by atoms with Gasteiger partial charge in [0.2, 0.25) is 5.89 Å². The van der Waals surface area contributed by atoms with Crippen molar-refractivity contribution in [2.75, 3.05) is 17.2 Å². The number of benzene rings is 2. The number of nitrogens with one attached hydrogen (secondary N) is 3. The molecule has 0 aliphatic rings. The second kappa shape index (κ2) is 9.82. The summed E-state index contributed by atoms with van der Waals surface area (Å²) in [4.78, 5) is 35.8. The molecule has 30 heavy (non-hydrogen) atoms. The molecule has 0 aliphatic heterocycles. The lowest BCUT2D eigenvalue weighted by molar-refractivity contribution is -0.148. The van der Waals surface area contributed by atoms with Crippen LogP contribution in [0.1, 0.15) is 6.92 Å². The van der Waals surface area contributed by atoms with Crippen LogP contribution in [0.25, 0.3) is 11.5 Å². The Labute approximate surface area is 171 Å². The minimum absolute atomic E-state index is 0.122. The van der Waals surface area contributed by atoms with Gasteiger partial charge in [0.15, 0.2) is 6.61 Å². The van der Waals surface area contributed by atoms with E-state index in [0.717, 1.165) is 0 Å². The van der Waals surface area contributed by atoms with Gasteiger partial charge in [0, 0.05) is 11.3 Å². The van der Waals surface area contributed by atoms with E-state index in [2.05, 4.69) is 26.1 Å². The molecule has 0 unspecified atom stereocenters. The molecule has 3 amide bonds. The lowest BCUT2D eigenvalue weighted by atomic mass is 10.2. The molecule has 3 N–H and O–H groups in total. The van der Waals surface area contributed by atoms with Crippen LogP contribution < -0.4 is 16.0 Å². The minimum Gasteiger partial charge on any atom is -0.454 e. The normalized spacial score (nSPS) is 11.2. The summed E-state index contributed by atoms with van der Waals surface area (Å²) in [5, 5.41) is 14.9. The molecule has 0 saturated heterocycles. The van der Waals surface area contributed by atoms with Crippen LogP contribution in [0, 0.1) is 0 Å². The van der Waals surface area contributed by atoms with Crippen molar-refractivity contribution in [1.29, 1.82) is 0 Å². The number of rotatable bonds is 7. The molecule has 0 bridgehead atoms. The van der Waals surface area contributed by atoms with Crippen LogP contribution in [0.2, 0.25) is 0 Å². The number of aromatic nitrogens is 2. The van der Waals surface area contributed by atoms with E-state index in [9.17, 15) is 14.4 Å². The maximum absolute atomic E-state index is 12.0. The predicted molar refractivity (Wildman–Crippen MR) is 107 cm³/mol. The second-order valence-electron chi connectivity index (χ2n) is 6.12. The predicted octanol–water partition coefficient (Wildman–Crippen LogP) is 2.43. The largest absolute Gasteiger partial charge is 0.454 e. The molecule has 1 atom stereocenters. The Balaban J connectivity index is 1.42. The van der Waals surface area contributed by atoms with Gasteiger partial charge in [-0.15, -0.1) is 5.10 Å². The van der Waals surface area contributed by atoms with E-state index in [1.807, 2.05) is 24.3 Å². The third kappa shape index (κ3) is 5.89. The summed E-state index contributed by atoms with van der Waals surface area (Å²) in [5.74, 6) is -1.19. The van der Waals surface area contributed by atoms with Gasteiger partial charge in [-0.3, -0.25) is 10.1 Å². The number of amides is 3. The first kappa shape index (κ1) is 20.5. The van der Waals surface area contributed by atoms with Crippen LogP contribution in [-0.4, -0.2) is 40.8 Å². The molecule has 0 aliphatic carbocycles. The highest BCUT2D eigenvalue weighted by Gasteiger charge is 2.19. The molecule has 3 aromatic rings. The van der Waals surface area contributed by atoms with Crippen LogP contribution in [0.4, 0.5) is 16.5 Å². The van der Waals surface area contributed by atoms with Gasteiger partial charge in [0.1, 0.15) is 6.04 Å². The Morgan fingerprint density at radius 3 is 2.33 bits per heavy atom. The van der Waals surface area contributed by atoms with Crippen LogP contribution in [0.3, 0.4) is 0 Å². The molecule has 10 heteroatoms. The summed E-state index contributed by atoms with van der Waals surface area (Å²) in [6.45, 7) is 0.864. The Morgan fingerprint density at radius 1 is 0.967 bits per heavy atom. The maximum atomic E-state index is 12.0. The molecule has 0 saturated carbocycles. The molecule has 0 fully saturated rings. The first-order valence-corrected chi connectivity index (χ1v) is 8.99. The molecule has 154 valence electrons. The van der Waals surface area contributed by atoms with Crippen molar-refractivity contribution in [3.8, 4) is 11.5 Å². The third-order valence-electron chi connectivity index (χ3n) is 3.77. The number of ether oxygens (including phenoxy) is 1. The summed E-state index contributed by atoms with van der Waals surface area (Å²) < 4.78 is 10.2. The molecule has 0 radical (unpaired) electrons. The smallest absolute Gasteiger partial charge is 0.328 e. The van der Waals surface area contributed by atoms with E-state index < -0.39 is 30.6 Å². The zero-order chi connectivity index (χ0) is 21.3. The molecule has 3 rings (SSSR count). The summed E-state index contributed by atoms with van der Waals surface area (Å²) in [6, 6.07) is 16.1. The number of urea groups is 1. The Kier molecular flexibility index (Phi) is 6.72. The zero-order valence-corrected chi connectivity index (χ0v) is 16.0. The molecule has 1 heterocycles. The van der Waals surface area contributed by atoms with Crippen molar-refractivity contribution in [3.05, 3.63) is 60.7 Å². The van der Waals surface area contributed by atoms with E-state index in [-0.39, 0.29) is 11.9 Å². The molecule has 2 aromatic carbocycles. The molecule has 0 spiro atoms. The van der Waals surface area contributed by atoms with Crippen molar-refractivity contribution < 1.29 is 23.5 Å². The van der Waals surface area contributed by atoms with Crippen molar-refractivity contribution in [2.24, 2.45) is 0 Å². The van der Waals surface area contributed by atoms with E-state index in [4.69, 9.17) is 9.15 Å². The highest BCUT2D eigenvalue weighted by molar-refractivity contribution is 5.94. The minimum atomic E-state index is -0.963. The van der Waals surface area contributed by atoms with Gasteiger partial charge in [-0.2, -0.15) is 0 Å². The van der Waals surface area contributed by atoms with Crippen molar-refractivity contribution >= 4 is 29.6 Å². The van der Waals surface area contributed by atoms with Crippen molar-refractivity contribution in [2.45, 2.75) is 13.0 Å². The molecular weight excluding hydrogens is 390 g/mol. The average Bonchev–Trinajstić information content (AvgIpc) is 3.21. The number of hydrogen-bond acceptors (Lipinski definition) is 7. The van der Waals surface area contributed by atoms with Crippen LogP contribution in [0.5, 0.6) is 0 Å². The van der Waals surface area contributed by atoms with Gasteiger partial charge >= 0.3 is 18.0 Å². The van der Waals surface area contributed by atoms with Gasteiger partial charge in [-0.1, -0.05) is 41.5 Å². The van der Waals surface area contributed by atoms with Gasteiger partial charge in [0.25, 0.3) is 5.91 Å². The number of para-hydroxylation sites is 1. The van der Waals surface area contributed by atoms with Crippen molar-refractivity contribution in [1.82, 2.24) is 15.5 Å². The van der Waals surface area contributed by atoms with E-state index in [0.29, 0.717) is 11.3 Å². The average molecular weight is 409 g/mol. The van der Waals surface area contributed by atoms with Crippen LogP contribution >= 0.6 is 0 Å². The number of nitrogens with zero attached hydrogens (tertiary/aromatic N) is 2. The number of carbonyl (C=O) groups excluding carboxylic acids is 3. The summed E-state index contributed by atoms with van der Waals surface area (Å²) in [5.41, 5.74) is 1.27. The first-order chi connectivity index (χ1) is 14.5. The molecular formula is C20H19N5O5. The third-order valence-corrected chi connectivity index (χ3v) is 3.77. The fourth-order valence-corrected chi connectivity index (χ4v) is 2.33. The topological polar surface area (TPSA) is 135 Å². The monoisotopic (exact) mass is 409 g/mol. The fourth-order valence-electron chi connectivity index (χ4n) is 2.33. The zero-order valence-electron chi connectivity index (χ0n) is 16.0. The van der Waals surface area contributed by atoms with Gasteiger partial charge < -0.3 is 19.8 Å². The number of carbonyl (C=O) groups is 3. The van der Waals surface area contributed by atoms with E-state index >= 15 is 0 Å². The Morgan fingerprint density at radius 2 is 1.63 bits per heavy atom. The van der Waals surface area contributed by atoms with Gasteiger partial charge in [-0.05, 0) is 31.2 Å². The summed E-state index contributed by atoms with van der Waals surface area (Å²) >= 11 is 0. The Hall–Kier alpha value is -4.21. The number of anilines is 2. The summed E-state index contributed by atoms with van der Waals surface area (Å²) in [7, 11) is 0.